The number of carbonyl (C=O) groups excluding carboxylic acids is 2. The maximum atomic E-state index is 13.7. The Labute approximate surface area is 229 Å². The van der Waals surface area contributed by atoms with Gasteiger partial charge in [-0.2, -0.15) is 0 Å². The lowest BCUT2D eigenvalue weighted by Gasteiger charge is -2.18. The minimum atomic E-state index is -0.783. The highest BCUT2D eigenvalue weighted by atomic mass is 32.1. The van der Waals surface area contributed by atoms with E-state index in [1.165, 1.54) is 22.2 Å². The van der Waals surface area contributed by atoms with Crippen LogP contribution in [0.4, 0.5) is 5.69 Å². The number of fused-ring (bicyclic) bond motifs is 1. The van der Waals surface area contributed by atoms with Crippen LogP contribution in [-0.2, 0) is 9.53 Å². The average Bonchev–Trinajstić information content (AvgIpc) is 3.40. The molecule has 1 N–H and O–H groups in total. The van der Waals surface area contributed by atoms with E-state index in [-0.39, 0.29) is 18.1 Å². The average molecular weight is 538 g/mol. The highest BCUT2D eigenvalue weighted by Gasteiger charge is 2.23. The van der Waals surface area contributed by atoms with Crippen LogP contribution in [0.2, 0.25) is 0 Å². The predicted molar refractivity (Wildman–Crippen MR) is 155 cm³/mol. The van der Waals surface area contributed by atoms with Crippen molar-refractivity contribution in [3.8, 4) is 22.3 Å². The van der Waals surface area contributed by atoms with Crippen LogP contribution in [0.25, 0.3) is 32.5 Å². The Kier molecular flexibility index (Phi) is 7.65. The number of esters is 1. The zero-order valence-electron chi connectivity index (χ0n) is 21.6. The van der Waals surface area contributed by atoms with Crippen LogP contribution in [0.3, 0.4) is 0 Å². The summed E-state index contributed by atoms with van der Waals surface area (Å²) in [4.78, 5) is 44.2. The number of rotatable bonds is 8. The van der Waals surface area contributed by atoms with Crippen molar-refractivity contribution in [1.29, 1.82) is 0 Å². The first-order valence-corrected chi connectivity index (χ1v) is 13.6. The van der Waals surface area contributed by atoms with Crippen LogP contribution in [0.1, 0.15) is 36.7 Å². The molecule has 8 heteroatoms. The molecule has 1 atom stereocenters. The zero-order valence-corrected chi connectivity index (χ0v) is 22.4. The summed E-state index contributed by atoms with van der Waals surface area (Å²) in [6.45, 7) is 3.83. The molecule has 0 radical (unpaired) electrons. The first-order valence-electron chi connectivity index (χ1n) is 12.7. The number of thiophene rings is 1. The molecule has 0 fully saturated rings. The van der Waals surface area contributed by atoms with Crippen LogP contribution < -0.4 is 10.9 Å². The molecule has 0 spiro atoms. The van der Waals surface area contributed by atoms with Crippen molar-refractivity contribution < 1.29 is 14.3 Å². The molecule has 1 amide bonds. The van der Waals surface area contributed by atoms with Gasteiger partial charge in [-0.15, -0.1) is 11.3 Å². The van der Waals surface area contributed by atoms with Gasteiger partial charge >= 0.3 is 5.97 Å². The molecule has 2 aromatic heterocycles. The molecule has 196 valence electrons. The van der Waals surface area contributed by atoms with E-state index in [0.717, 1.165) is 22.3 Å². The van der Waals surface area contributed by atoms with Gasteiger partial charge in [0.1, 0.15) is 10.9 Å². The zero-order chi connectivity index (χ0) is 27.4. The Morgan fingerprint density at radius 2 is 1.67 bits per heavy atom. The third-order valence-corrected chi connectivity index (χ3v) is 7.38. The number of nitrogens with one attached hydrogen (secondary N) is 1. The van der Waals surface area contributed by atoms with Crippen molar-refractivity contribution in [2.24, 2.45) is 0 Å². The van der Waals surface area contributed by atoms with E-state index in [4.69, 9.17) is 4.74 Å². The summed E-state index contributed by atoms with van der Waals surface area (Å²) in [5, 5.41) is 5.26. The number of anilines is 1. The number of hydrogen-bond donors (Lipinski definition) is 1. The second kappa shape index (κ2) is 11.4. The minimum absolute atomic E-state index is 0.257. The molecule has 0 bridgehead atoms. The molecular formula is C31H27N3O4S. The summed E-state index contributed by atoms with van der Waals surface area (Å²) in [5.74, 6) is -0.834. The topological polar surface area (TPSA) is 90.3 Å². The molecule has 3 aromatic carbocycles. The maximum absolute atomic E-state index is 13.7. The van der Waals surface area contributed by atoms with Crippen molar-refractivity contribution in [3.63, 3.8) is 0 Å². The number of hydrogen-bond acceptors (Lipinski definition) is 6. The molecule has 0 aliphatic carbocycles. The third kappa shape index (κ3) is 5.37. The molecule has 39 heavy (non-hydrogen) atoms. The Hall–Kier alpha value is -4.56. The highest BCUT2D eigenvalue weighted by molar-refractivity contribution is 7.17. The van der Waals surface area contributed by atoms with E-state index in [1.807, 2.05) is 54.8 Å². The Morgan fingerprint density at radius 3 is 2.38 bits per heavy atom. The first kappa shape index (κ1) is 26.1. The summed E-state index contributed by atoms with van der Waals surface area (Å²) in [7, 11) is 0. The molecule has 0 saturated carbocycles. The van der Waals surface area contributed by atoms with Crippen LogP contribution >= 0.6 is 11.3 Å². The summed E-state index contributed by atoms with van der Waals surface area (Å²) >= 11 is 1.40. The van der Waals surface area contributed by atoms with E-state index in [0.29, 0.717) is 27.9 Å². The van der Waals surface area contributed by atoms with Crippen LogP contribution in [0.15, 0.2) is 95.4 Å². The lowest BCUT2D eigenvalue weighted by Crippen LogP contribution is -2.33. The van der Waals surface area contributed by atoms with E-state index >= 15 is 0 Å². The quantitative estimate of drug-likeness (QED) is 0.227. The van der Waals surface area contributed by atoms with Gasteiger partial charge in [-0.25, -0.2) is 9.78 Å². The van der Waals surface area contributed by atoms with E-state index in [2.05, 4.69) is 22.4 Å². The summed E-state index contributed by atoms with van der Waals surface area (Å²) in [6, 6.07) is 23.9. The van der Waals surface area contributed by atoms with Gasteiger partial charge in [-0.1, -0.05) is 67.6 Å². The minimum Gasteiger partial charge on any atom is -0.462 e. The maximum Gasteiger partial charge on any atom is 0.338 e. The van der Waals surface area contributed by atoms with Crippen LogP contribution in [-0.4, -0.2) is 28.0 Å². The van der Waals surface area contributed by atoms with E-state index < -0.39 is 12.0 Å². The fourth-order valence-corrected chi connectivity index (χ4v) is 5.43. The van der Waals surface area contributed by atoms with Gasteiger partial charge in [0, 0.05) is 16.6 Å². The molecule has 7 nitrogen and oxygen atoms in total. The highest BCUT2D eigenvalue weighted by Crippen LogP contribution is 2.32. The molecule has 1 unspecified atom stereocenters. The van der Waals surface area contributed by atoms with Gasteiger partial charge in [0.15, 0.2) is 0 Å². The number of nitrogens with zero attached hydrogens (tertiary/aromatic N) is 2. The fraction of sp³-hybridized carbons (Fsp3) is 0.161. The molecule has 2 heterocycles. The first-order chi connectivity index (χ1) is 19.0. The number of aromatic nitrogens is 2. The SMILES string of the molecule is CCOC(=O)c1cccc(NC(=O)C(CC)n2cnc3scc(-c4ccc(-c5ccccc5)cc4)c3c2=O)c1. The summed E-state index contributed by atoms with van der Waals surface area (Å²) in [5.41, 5.74) is 4.41. The Bertz CT molecular complexity index is 1690. The van der Waals surface area contributed by atoms with Crippen molar-refractivity contribution in [3.05, 3.63) is 106 Å². The fourth-order valence-electron chi connectivity index (χ4n) is 4.53. The molecule has 5 aromatic rings. The molecule has 0 aliphatic rings. The predicted octanol–water partition coefficient (Wildman–Crippen LogP) is 6.56. The van der Waals surface area contributed by atoms with E-state index in [9.17, 15) is 14.4 Å². The lowest BCUT2D eigenvalue weighted by molar-refractivity contribution is -0.119. The van der Waals surface area contributed by atoms with E-state index in [1.54, 1.807) is 31.2 Å². The summed E-state index contributed by atoms with van der Waals surface area (Å²) < 4.78 is 6.44. The van der Waals surface area contributed by atoms with Gasteiger partial charge in [-0.3, -0.25) is 14.2 Å². The Morgan fingerprint density at radius 1 is 0.949 bits per heavy atom. The smallest absolute Gasteiger partial charge is 0.338 e. The van der Waals surface area contributed by atoms with Gasteiger partial charge in [-0.05, 0) is 48.2 Å². The Balaban J connectivity index is 1.45. The van der Waals surface area contributed by atoms with Gasteiger partial charge in [0.25, 0.3) is 5.56 Å². The molecular weight excluding hydrogens is 510 g/mol. The van der Waals surface area contributed by atoms with Crippen molar-refractivity contribution in [2.75, 3.05) is 11.9 Å². The van der Waals surface area contributed by atoms with Crippen molar-refractivity contribution in [1.82, 2.24) is 9.55 Å². The van der Waals surface area contributed by atoms with Gasteiger partial charge in [0.05, 0.1) is 23.9 Å². The number of carbonyl (C=O) groups is 2. The third-order valence-electron chi connectivity index (χ3n) is 6.49. The molecule has 0 saturated heterocycles. The largest absolute Gasteiger partial charge is 0.462 e. The van der Waals surface area contributed by atoms with Gasteiger partial charge in [0.2, 0.25) is 5.91 Å². The van der Waals surface area contributed by atoms with Crippen molar-refractivity contribution >= 4 is 39.1 Å². The number of ether oxygens (including phenoxy) is 1. The number of benzene rings is 3. The standard InChI is InChI=1S/C31H27N3O4S/c1-3-26(28(35)33-24-12-8-11-23(17-24)31(37)38-4-2)34-19-32-29-27(30(34)36)25(18-39-29)22-15-13-21(14-16-22)20-9-6-5-7-10-20/h5-19,26H,3-4H2,1-2H3,(H,33,35). The lowest BCUT2D eigenvalue weighted by atomic mass is 10.0. The number of amides is 1. The normalized spacial score (nSPS) is 11.7. The second-order valence-electron chi connectivity index (χ2n) is 8.94. The molecule has 5 rings (SSSR count). The molecule has 0 aliphatic heterocycles. The van der Waals surface area contributed by atoms with Crippen molar-refractivity contribution in [2.45, 2.75) is 26.3 Å². The monoisotopic (exact) mass is 537 g/mol. The second-order valence-corrected chi connectivity index (χ2v) is 9.80. The van der Waals surface area contributed by atoms with Crippen LogP contribution in [0.5, 0.6) is 0 Å². The summed E-state index contributed by atoms with van der Waals surface area (Å²) in [6.07, 6.45) is 1.81. The van der Waals surface area contributed by atoms with Gasteiger partial charge < -0.3 is 10.1 Å². The van der Waals surface area contributed by atoms with Crippen LogP contribution in [0, 0.1) is 0 Å².